The highest BCUT2D eigenvalue weighted by Gasteiger charge is 2.18. The molecule has 1 atom stereocenters. The van der Waals surface area contributed by atoms with Crippen LogP contribution < -0.4 is 5.73 Å². The molecule has 1 unspecified atom stereocenters. The van der Waals surface area contributed by atoms with Gasteiger partial charge in [-0.2, -0.15) is 5.10 Å². The molecule has 2 N–H and O–H groups in total. The van der Waals surface area contributed by atoms with E-state index in [0.29, 0.717) is 0 Å². The van der Waals surface area contributed by atoms with Gasteiger partial charge in [-0.25, -0.2) is 0 Å². The van der Waals surface area contributed by atoms with E-state index < -0.39 is 0 Å². The number of rotatable bonds is 4. The van der Waals surface area contributed by atoms with Crippen LogP contribution in [0.4, 0.5) is 0 Å². The van der Waals surface area contributed by atoms with Gasteiger partial charge in [0.15, 0.2) is 0 Å². The molecule has 2 aromatic rings. The lowest BCUT2D eigenvalue weighted by molar-refractivity contribution is 0.558. The number of aromatic nitrogens is 2. The molecule has 4 heteroatoms. The molecular weight excluding hydrogens is 302 g/mol. The first-order valence-corrected chi connectivity index (χ1v) is 7.37. The van der Waals surface area contributed by atoms with Crippen LogP contribution in [0.15, 0.2) is 28.9 Å². The van der Waals surface area contributed by atoms with Crippen molar-refractivity contribution in [1.29, 1.82) is 0 Å². The van der Waals surface area contributed by atoms with Gasteiger partial charge in [0, 0.05) is 6.54 Å². The Balaban J connectivity index is 2.40. The number of benzene rings is 1. The molecule has 0 bridgehead atoms. The van der Waals surface area contributed by atoms with E-state index in [9.17, 15) is 0 Å². The lowest BCUT2D eigenvalue weighted by Crippen LogP contribution is -2.18. The highest BCUT2D eigenvalue weighted by atomic mass is 79.9. The minimum absolute atomic E-state index is 0.150. The number of nitrogens with zero attached hydrogens (tertiary/aromatic N) is 2. The van der Waals surface area contributed by atoms with Gasteiger partial charge in [0.05, 0.1) is 22.4 Å². The fourth-order valence-electron chi connectivity index (χ4n) is 2.19. The summed E-state index contributed by atoms with van der Waals surface area (Å²) in [4.78, 5) is 0. The van der Waals surface area contributed by atoms with Gasteiger partial charge in [0.25, 0.3) is 0 Å². The van der Waals surface area contributed by atoms with Gasteiger partial charge in [-0.15, -0.1) is 0 Å². The SMILES string of the molecule is CCCn1ncc(Br)c1C(N)c1ccc(C)c(C)c1. The van der Waals surface area contributed by atoms with Crippen molar-refractivity contribution in [3.05, 3.63) is 51.3 Å². The fourth-order valence-corrected chi connectivity index (χ4v) is 2.73. The maximum atomic E-state index is 6.42. The molecule has 0 fully saturated rings. The first-order chi connectivity index (χ1) is 9.04. The summed E-state index contributed by atoms with van der Waals surface area (Å²) in [6, 6.07) is 6.24. The topological polar surface area (TPSA) is 43.8 Å². The van der Waals surface area contributed by atoms with Crippen molar-refractivity contribution in [2.45, 2.75) is 39.8 Å². The molecule has 3 nitrogen and oxygen atoms in total. The zero-order valence-corrected chi connectivity index (χ0v) is 13.2. The average Bonchev–Trinajstić information content (AvgIpc) is 2.74. The van der Waals surface area contributed by atoms with Crippen LogP contribution in [0.2, 0.25) is 0 Å². The van der Waals surface area contributed by atoms with Crippen LogP contribution >= 0.6 is 15.9 Å². The van der Waals surface area contributed by atoms with Crippen LogP contribution in [0.3, 0.4) is 0 Å². The highest BCUT2D eigenvalue weighted by Crippen LogP contribution is 2.28. The average molecular weight is 322 g/mol. The van der Waals surface area contributed by atoms with Gasteiger partial charge in [0.2, 0.25) is 0 Å². The molecule has 0 saturated heterocycles. The Hall–Kier alpha value is -1.13. The molecule has 1 aromatic carbocycles. The summed E-state index contributed by atoms with van der Waals surface area (Å²) in [6.45, 7) is 7.26. The summed E-state index contributed by atoms with van der Waals surface area (Å²) in [5.74, 6) is 0. The minimum Gasteiger partial charge on any atom is -0.319 e. The monoisotopic (exact) mass is 321 g/mol. The second-order valence-electron chi connectivity index (χ2n) is 4.92. The lowest BCUT2D eigenvalue weighted by Gasteiger charge is -2.16. The normalized spacial score (nSPS) is 12.7. The van der Waals surface area contributed by atoms with Crippen molar-refractivity contribution in [3.63, 3.8) is 0 Å². The lowest BCUT2D eigenvalue weighted by atomic mass is 9.99. The number of nitrogens with two attached hydrogens (primary N) is 1. The van der Waals surface area contributed by atoms with E-state index in [2.05, 4.69) is 60.0 Å². The quantitative estimate of drug-likeness (QED) is 0.932. The third-order valence-corrected chi connectivity index (χ3v) is 4.06. The molecule has 0 aliphatic rings. The summed E-state index contributed by atoms with van der Waals surface area (Å²) in [5.41, 5.74) is 11.2. The highest BCUT2D eigenvalue weighted by molar-refractivity contribution is 9.10. The Morgan fingerprint density at radius 2 is 2.05 bits per heavy atom. The summed E-state index contributed by atoms with van der Waals surface area (Å²) >= 11 is 3.55. The molecule has 0 aliphatic heterocycles. The van der Waals surface area contributed by atoms with Crippen LogP contribution in [-0.2, 0) is 6.54 Å². The molecule has 0 amide bonds. The molecular formula is C15H20BrN3. The van der Waals surface area contributed by atoms with Crippen molar-refractivity contribution in [3.8, 4) is 0 Å². The molecule has 2 rings (SSSR count). The molecule has 0 saturated carbocycles. The predicted octanol–water partition coefficient (Wildman–Crippen LogP) is 3.72. The third kappa shape index (κ3) is 2.90. The second kappa shape index (κ2) is 5.88. The number of aryl methyl sites for hydroxylation is 3. The maximum absolute atomic E-state index is 6.42. The van der Waals surface area contributed by atoms with Gasteiger partial charge in [-0.1, -0.05) is 25.1 Å². The molecule has 19 heavy (non-hydrogen) atoms. The van der Waals surface area contributed by atoms with E-state index in [4.69, 9.17) is 5.73 Å². The van der Waals surface area contributed by atoms with E-state index in [1.54, 1.807) is 0 Å². The van der Waals surface area contributed by atoms with Crippen molar-refractivity contribution in [2.24, 2.45) is 5.73 Å². The summed E-state index contributed by atoms with van der Waals surface area (Å²) in [6.07, 6.45) is 2.87. The molecule has 1 heterocycles. The zero-order valence-electron chi connectivity index (χ0n) is 11.7. The third-order valence-electron chi connectivity index (χ3n) is 3.45. The van der Waals surface area contributed by atoms with Crippen LogP contribution in [0, 0.1) is 13.8 Å². The van der Waals surface area contributed by atoms with Crippen molar-refractivity contribution in [2.75, 3.05) is 0 Å². The first kappa shape index (κ1) is 14.3. The van der Waals surface area contributed by atoms with E-state index in [0.717, 1.165) is 28.7 Å². The van der Waals surface area contributed by atoms with Crippen molar-refractivity contribution >= 4 is 15.9 Å². The minimum atomic E-state index is -0.150. The molecule has 0 radical (unpaired) electrons. The first-order valence-electron chi connectivity index (χ1n) is 6.58. The Labute approximate surface area is 122 Å². The van der Waals surface area contributed by atoms with Gasteiger partial charge in [0.1, 0.15) is 0 Å². The molecule has 1 aromatic heterocycles. The number of halogens is 1. The maximum Gasteiger partial charge on any atom is 0.0738 e. The number of hydrogen-bond acceptors (Lipinski definition) is 2. The van der Waals surface area contributed by atoms with Crippen LogP contribution in [-0.4, -0.2) is 9.78 Å². The van der Waals surface area contributed by atoms with E-state index in [-0.39, 0.29) is 6.04 Å². The summed E-state index contributed by atoms with van der Waals surface area (Å²) < 4.78 is 2.97. The van der Waals surface area contributed by atoms with Gasteiger partial charge >= 0.3 is 0 Å². The summed E-state index contributed by atoms with van der Waals surface area (Å²) in [5, 5.41) is 4.38. The van der Waals surface area contributed by atoms with Gasteiger partial charge < -0.3 is 5.73 Å². The van der Waals surface area contributed by atoms with E-state index >= 15 is 0 Å². The molecule has 0 spiro atoms. The Kier molecular flexibility index (Phi) is 4.42. The van der Waals surface area contributed by atoms with Crippen LogP contribution in [0.25, 0.3) is 0 Å². The summed E-state index contributed by atoms with van der Waals surface area (Å²) in [7, 11) is 0. The Bertz CT molecular complexity index is 575. The van der Waals surface area contributed by atoms with E-state index in [1.807, 2.05) is 10.9 Å². The van der Waals surface area contributed by atoms with Crippen LogP contribution in [0.1, 0.15) is 41.8 Å². The Morgan fingerprint density at radius 3 is 2.68 bits per heavy atom. The fraction of sp³-hybridized carbons (Fsp3) is 0.400. The smallest absolute Gasteiger partial charge is 0.0738 e. The largest absolute Gasteiger partial charge is 0.319 e. The van der Waals surface area contributed by atoms with Crippen molar-refractivity contribution in [1.82, 2.24) is 9.78 Å². The van der Waals surface area contributed by atoms with Crippen molar-refractivity contribution < 1.29 is 0 Å². The van der Waals surface area contributed by atoms with E-state index in [1.165, 1.54) is 11.1 Å². The van der Waals surface area contributed by atoms with Gasteiger partial charge in [-0.3, -0.25) is 4.68 Å². The zero-order chi connectivity index (χ0) is 14.0. The molecule has 0 aliphatic carbocycles. The number of hydrogen-bond donors (Lipinski definition) is 1. The second-order valence-corrected chi connectivity index (χ2v) is 5.78. The standard InChI is InChI=1S/C15H20BrN3/c1-4-7-19-15(13(16)9-18-19)14(17)12-6-5-10(2)11(3)8-12/h5-6,8-9,14H,4,7,17H2,1-3H3. The van der Waals surface area contributed by atoms with Crippen LogP contribution in [0.5, 0.6) is 0 Å². The Morgan fingerprint density at radius 1 is 1.32 bits per heavy atom. The van der Waals surface area contributed by atoms with Gasteiger partial charge in [-0.05, 0) is 52.9 Å². The predicted molar refractivity (Wildman–Crippen MR) is 82.2 cm³/mol. The molecule has 102 valence electrons.